The summed E-state index contributed by atoms with van der Waals surface area (Å²) in [6.07, 6.45) is 7.26. The Hall–Kier alpha value is -3.07. The zero-order valence-corrected chi connectivity index (χ0v) is 17.1. The van der Waals surface area contributed by atoms with Crippen LogP contribution in [0.3, 0.4) is 0 Å². The van der Waals surface area contributed by atoms with Gasteiger partial charge in [0.15, 0.2) is 0 Å². The summed E-state index contributed by atoms with van der Waals surface area (Å²) in [4.78, 5) is 10.6. The van der Waals surface area contributed by atoms with E-state index in [1.54, 1.807) is 12.3 Å². The van der Waals surface area contributed by atoms with Crippen molar-refractivity contribution >= 4 is 5.82 Å². The highest BCUT2D eigenvalue weighted by molar-refractivity contribution is 5.73. The first kappa shape index (κ1) is 19.9. The fourth-order valence-corrected chi connectivity index (χ4v) is 4.74. The highest BCUT2D eigenvalue weighted by atomic mass is 19.1. The van der Waals surface area contributed by atoms with Crippen molar-refractivity contribution in [1.82, 2.24) is 25.5 Å². The third-order valence-electron chi connectivity index (χ3n) is 6.44. The Balaban J connectivity index is 1.38. The van der Waals surface area contributed by atoms with Crippen molar-refractivity contribution in [3.8, 4) is 28.3 Å². The van der Waals surface area contributed by atoms with Crippen molar-refractivity contribution in [3.05, 3.63) is 42.6 Å². The number of hydrogen-bond acceptors (Lipinski definition) is 6. The van der Waals surface area contributed by atoms with Crippen molar-refractivity contribution in [2.75, 3.05) is 11.9 Å². The van der Waals surface area contributed by atoms with Crippen LogP contribution in [0.1, 0.15) is 25.7 Å². The third kappa shape index (κ3) is 3.63. The van der Waals surface area contributed by atoms with Gasteiger partial charge in [-0.25, -0.2) is 13.8 Å². The van der Waals surface area contributed by atoms with E-state index in [9.17, 15) is 9.50 Å². The first-order valence-electron chi connectivity index (χ1n) is 10.5. The van der Waals surface area contributed by atoms with Gasteiger partial charge in [-0.2, -0.15) is 5.10 Å². The van der Waals surface area contributed by atoms with Crippen LogP contribution in [-0.2, 0) is 0 Å². The van der Waals surface area contributed by atoms with E-state index in [1.165, 1.54) is 24.5 Å². The molecule has 2 saturated heterocycles. The van der Waals surface area contributed by atoms with E-state index in [2.05, 4.69) is 25.5 Å². The number of phenols is 1. The molecule has 31 heavy (non-hydrogen) atoms. The second-order valence-corrected chi connectivity index (χ2v) is 8.34. The lowest BCUT2D eigenvalue weighted by Gasteiger charge is -2.46. The van der Waals surface area contributed by atoms with Gasteiger partial charge in [-0.05, 0) is 37.5 Å². The van der Waals surface area contributed by atoms with Gasteiger partial charge in [0.05, 0.1) is 29.8 Å². The summed E-state index contributed by atoms with van der Waals surface area (Å²) in [7, 11) is 1.83. The number of H-pyrrole nitrogens is 1. The number of halogens is 2. The number of aromatic hydroxyl groups is 1. The molecule has 1 aromatic carbocycles. The van der Waals surface area contributed by atoms with Gasteiger partial charge >= 0.3 is 0 Å². The number of alkyl halides is 1. The second kappa shape index (κ2) is 7.88. The van der Waals surface area contributed by atoms with Gasteiger partial charge < -0.3 is 15.3 Å². The fraction of sp³-hybridized carbons (Fsp3) is 0.409. The molecule has 0 amide bonds. The average molecular weight is 426 g/mol. The Labute approximate surface area is 178 Å². The molecular weight excluding hydrogens is 402 g/mol. The number of piperidine rings is 2. The Morgan fingerprint density at radius 3 is 2.77 bits per heavy atom. The van der Waals surface area contributed by atoms with Gasteiger partial charge in [0, 0.05) is 36.5 Å². The normalized spacial score (nSPS) is 25.4. The maximum Gasteiger partial charge on any atom is 0.147 e. The van der Waals surface area contributed by atoms with Crippen LogP contribution in [-0.4, -0.2) is 56.6 Å². The van der Waals surface area contributed by atoms with Crippen molar-refractivity contribution < 1.29 is 13.9 Å². The molecule has 0 spiro atoms. The molecule has 3 N–H and O–H groups in total. The Morgan fingerprint density at radius 2 is 2.03 bits per heavy atom. The van der Waals surface area contributed by atoms with Gasteiger partial charge in [-0.1, -0.05) is 6.42 Å². The number of phenolic OH excluding ortho intramolecular Hbond substituents is 1. The molecule has 3 aromatic rings. The summed E-state index contributed by atoms with van der Waals surface area (Å²) in [5, 5.41) is 20.3. The Morgan fingerprint density at radius 1 is 1.16 bits per heavy atom. The van der Waals surface area contributed by atoms with Crippen molar-refractivity contribution in [2.45, 2.75) is 50.0 Å². The van der Waals surface area contributed by atoms with Crippen LogP contribution < -0.4 is 10.2 Å². The number of hydrogen-bond donors (Lipinski definition) is 3. The summed E-state index contributed by atoms with van der Waals surface area (Å²) in [6, 6.07) is 4.14. The molecule has 7 nitrogen and oxygen atoms in total. The van der Waals surface area contributed by atoms with E-state index < -0.39 is 12.0 Å². The summed E-state index contributed by atoms with van der Waals surface area (Å²) in [5.74, 6) is -0.0802. The van der Waals surface area contributed by atoms with Crippen LogP contribution in [0.2, 0.25) is 0 Å². The summed E-state index contributed by atoms with van der Waals surface area (Å²) >= 11 is 0. The second-order valence-electron chi connectivity index (χ2n) is 8.34. The number of anilines is 1. The van der Waals surface area contributed by atoms with E-state index in [0.29, 0.717) is 23.2 Å². The number of aromatic nitrogens is 4. The monoisotopic (exact) mass is 426 g/mol. The number of nitrogens with one attached hydrogen (secondary N) is 2. The van der Waals surface area contributed by atoms with Crippen molar-refractivity contribution in [2.24, 2.45) is 0 Å². The number of fused-ring (bicyclic) bond motifs is 2. The minimum atomic E-state index is -0.976. The SMILES string of the molecule is CN(c1cnc(-c2cc(F)c(-c3ccn[nH]3)cc2O)cn1)[C@@H]1CC2CCC[C@H](N2)[C@@H]1F. The van der Waals surface area contributed by atoms with Crippen LogP contribution in [0.25, 0.3) is 22.5 Å². The minimum absolute atomic E-state index is 0.111. The largest absolute Gasteiger partial charge is 0.507 e. The molecule has 2 fully saturated rings. The van der Waals surface area contributed by atoms with E-state index >= 15 is 4.39 Å². The zero-order valence-electron chi connectivity index (χ0n) is 17.1. The molecule has 9 heteroatoms. The standard InChI is InChI=1S/C22H24F2N6O/c1-30(19-7-12-3-2-4-17(28-12)22(19)24)21-11-25-18(10-26-21)14-8-15(23)13(9-20(14)31)16-5-6-27-29-16/h5-6,8-12,17,19,22,28,31H,2-4,7H2,1H3,(H,27,29)/t12?,17-,19+,22-/m0/s1. The van der Waals surface area contributed by atoms with Gasteiger partial charge in [-0.3, -0.25) is 10.1 Å². The zero-order chi connectivity index (χ0) is 21.5. The quantitative estimate of drug-likeness (QED) is 0.592. The maximum atomic E-state index is 15.0. The number of aromatic amines is 1. The highest BCUT2D eigenvalue weighted by Gasteiger charge is 2.41. The molecular formula is C22H24F2N6O. The highest BCUT2D eigenvalue weighted by Crippen LogP contribution is 2.35. The van der Waals surface area contributed by atoms with E-state index in [0.717, 1.165) is 25.7 Å². The van der Waals surface area contributed by atoms with Crippen LogP contribution in [0, 0.1) is 5.82 Å². The molecule has 5 rings (SSSR count). The summed E-state index contributed by atoms with van der Waals surface area (Å²) in [5.41, 5.74) is 1.26. The molecule has 0 saturated carbocycles. The smallest absolute Gasteiger partial charge is 0.147 e. The lowest BCUT2D eigenvalue weighted by Crippen LogP contribution is -2.61. The van der Waals surface area contributed by atoms with Gasteiger partial charge in [-0.15, -0.1) is 0 Å². The van der Waals surface area contributed by atoms with Crippen LogP contribution in [0.15, 0.2) is 36.8 Å². The topological polar surface area (TPSA) is 90.0 Å². The predicted molar refractivity (Wildman–Crippen MR) is 113 cm³/mol. The molecule has 162 valence electrons. The van der Waals surface area contributed by atoms with Crippen molar-refractivity contribution in [3.63, 3.8) is 0 Å². The molecule has 4 heterocycles. The number of nitrogens with zero attached hydrogens (tertiary/aromatic N) is 4. The first-order chi connectivity index (χ1) is 15.0. The van der Waals surface area contributed by atoms with E-state index in [1.807, 2.05) is 11.9 Å². The van der Waals surface area contributed by atoms with Crippen LogP contribution in [0.5, 0.6) is 5.75 Å². The summed E-state index contributed by atoms with van der Waals surface area (Å²) < 4.78 is 29.6. The summed E-state index contributed by atoms with van der Waals surface area (Å²) in [6.45, 7) is 0. The van der Waals surface area contributed by atoms with Gasteiger partial charge in [0.1, 0.15) is 23.6 Å². The average Bonchev–Trinajstić information content (AvgIpc) is 3.32. The number of rotatable bonds is 4. The predicted octanol–water partition coefficient (Wildman–Crippen LogP) is 3.44. The van der Waals surface area contributed by atoms with Crippen molar-refractivity contribution in [1.29, 1.82) is 0 Å². The Bertz CT molecular complexity index is 1060. The molecule has 0 radical (unpaired) electrons. The van der Waals surface area contributed by atoms with Crippen LogP contribution in [0.4, 0.5) is 14.6 Å². The maximum absolute atomic E-state index is 15.0. The number of benzene rings is 1. The fourth-order valence-electron chi connectivity index (χ4n) is 4.74. The molecule has 2 aromatic heterocycles. The van der Waals surface area contributed by atoms with E-state index in [-0.39, 0.29) is 29.0 Å². The minimum Gasteiger partial charge on any atom is -0.507 e. The lowest BCUT2D eigenvalue weighted by molar-refractivity contribution is 0.107. The molecule has 2 aliphatic rings. The molecule has 0 aliphatic carbocycles. The molecule has 2 bridgehead atoms. The van der Waals surface area contributed by atoms with E-state index in [4.69, 9.17) is 0 Å². The van der Waals surface area contributed by atoms with Crippen LogP contribution >= 0.6 is 0 Å². The Kier molecular flexibility index (Phi) is 5.05. The first-order valence-corrected chi connectivity index (χ1v) is 10.5. The molecule has 2 aliphatic heterocycles. The molecule has 4 atom stereocenters. The third-order valence-corrected chi connectivity index (χ3v) is 6.44. The van der Waals surface area contributed by atoms with Gasteiger partial charge in [0.25, 0.3) is 0 Å². The molecule has 1 unspecified atom stereocenters. The lowest BCUT2D eigenvalue weighted by atomic mass is 9.82. The van der Waals surface area contributed by atoms with Gasteiger partial charge in [0.2, 0.25) is 0 Å².